The maximum Gasteiger partial charge on any atom is 0.420 e. The molecule has 0 atom stereocenters. The van der Waals surface area contributed by atoms with E-state index in [2.05, 4.69) is 0 Å². The number of nitrogens with two attached hydrogens (primary N) is 1. The molecule has 0 spiro atoms. The molecule has 2 rings (SSSR count). The number of alkyl halides is 3. The molecule has 1 aromatic carbocycles. The highest BCUT2D eigenvalue weighted by molar-refractivity contribution is 6.30. The van der Waals surface area contributed by atoms with Crippen molar-refractivity contribution in [2.24, 2.45) is 5.73 Å². The molecule has 0 aliphatic heterocycles. The van der Waals surface area contributed by atoms with Gasteiger partial charge in [-0.1, -0.05) is 11.6 Å². The first kappa shape index (κ1) is 12.5. The fourth-order valence-corrected chi connectivity index (χ4v) is 1.96. The molecule has 0 amide bonds. The van der Waals surface area contributed by atoms with E-state index in [1.165, 1.54) is 6.07 Å². The van der Waals surface area contributed by atoms with Gasteiger partial charge in [-0.15, -0.1) is 0 Å². The highest BCUT2D eigenvalue weighted by Gasteiger charge is 2.41. The second kappa shape index (κ2) is 3.78. The second-order valence-electron chi connectivity index (χ2n) is 4.50. The molecule has 0 aromatic heterocycles. The van der Waals surface area contributed by atoms with E-state index in [1.54, 1.807) is 0 Å². The number of benzene rings is 1. The summed E-state index contributed by atoms with van der Waals surface area (Å²) < 4.78 is 37.8. The molecular weight excluding hydrogens is 255 g/mol. The lowest BCUT2D eigenvalue weighted by Gasteiger charge is -2.15. The predicted molar refractivity (Wildman–Crippen MR) is 58.0 cm³/mol. The Kier molecular flexibility index (Phi) is 2.78. The minimum absolute atomic E-state index is 0.0469. The summed E-state index contributed by atoms with van der Waals surface area (Å²) in [7, 11) is 0. The molecule has 6 heteroatoms. The highest BCUT2D eigenvalue weighted by Crippen LogP contribution is 2.43. The molecule has 94 valence electrons. The molecule has 0 saturated heterocycles. The van der Waals surface area contributed by atoms with Gasteiger partial charge in [-0.25, -0.2) is 0 Å². The van der Waals surface area contributed by atoms with Gasteiger partial charge in [0.2, 0.25) is 0 Å². The molecule has 0 heterocycles. The van der Waals surface area contributed by atoms with Crippen LogP contribution in [0.25, 0.3) is 0 Å². The van der Waals surface area contributed by atoms with E-state index in [4.69, 9.17) is 17.3 Å². The van der Waals surface area contributed by atoms with E-state index in [0.717, 1.165) is 18.9 Å². The van der Waals surface area contributed by atoms with Gasteiger partial charge in [-0.05, 0) is 37.0 Å². The van der Waals surface area contributed by atoms with Crippen molar-refractivity contribution in [2.75, 3.05) is 0 Å². The average Bonchev–Trinajstić information content (AvgIpc) is 2.87. The third kappa shape index (κ3) is 2.66. The number of hydrogen-bond donors (Lipinski definition) is 2. The summed E-state index contributed by atoms with van der Waals surface area (Å²) >= 11 is 5.63. The zero-order chi connectivity index (χ0) is 12.8. The van der Waals surface area contributed by atoms with Crippen LogP contribution in [-0.2, 0) is 12.6 Å². The Bertz CT molecular complexity index is 455. The first-order valence-corrected chi connectivity index (χ1v) is 5.47. The van der Waals surface area contributed by atoms with Crippen LogP contribution in [0, 0.1) is 0 Å². The van der Waals surface area contributed by atoms with Gasteiger partial charge in [-0.3, -0.25) is 0 Å². The monoisotopic (exact) mass is 265 g/mol. The van der Waals surface area contributed by atoms with Crippen LogP contribution >= 0.6 is 11.6 Å². The van der Waals surface area contributed by atoms with Gasteiger partial charge in [0.25, 0.3) is 0 Å². The van der Waals surface area contributed by atoms with Gasteiger partial charge >= 0.3 is 6.18 Å². The Morgan fingerprint density at radius 3 is 2.41 bits per heavy atom. The van der Waals surface area contributed by atoms with Crippen molar-refractivity contribution in [3.63, 3.8) is 0 Å². The fourth-order valence-electron chi connectivity index (χ4n) is 1.72. The fraction of sp³-hybridized carbons (Fsp3) is 0.455. The Morgan fingerprint density at radius 2 is 1.94 bits per heavy atom. The van der Waals surface area contributed by atoms with Crippen molar-refractivity contribution >= 4 is 11.6 Å². The Hall–Kier alpha value is -0.940. The Morgan fingerprint density at radius 1 is 1.35 bits per heavy atom. The maximum atomic E-state index is 12.6. The van der Waals surface area contributed by atoms with E-state index in [0.29, 0.717) is 0 Å². The summed E-state index contributed by atoms with van der Waals surface area (Å²) in [4.78, 5) is 0. The van der Waals surface area contributed by atoms with E-state index >= 15 is 0 Å². The highest BCUT2D eigenvalue weighted by atomic mass is 35.5. The minimum atomic E-state index is -4.62. The van der Waals surface area contributed by atoms with Gasteiger partial charge in [0.1, 0.15) is 5.75 Å². The smallest absolute Gasteiger partial charge is 0.420 e. The van der Waals surface area contributed by atoms with Crippen molar-refractivity contribution in [1.29, 1.82) is 0 Å². The first-order valence-electron chi connectivity index (χ1n) is 5.09. The molecule has 2 nitrogen and oxygen atoms in total. The van der Waals surface area contributed by atoms with Gasteiger partial charge < -0.3 is 10.8 Å². The van der Waals surface area contributed by atoms with Gasteiger partial charge in [0.05, 0.1) is 5.56 Å². The summed E-state index contributed by atoms with van der Waals surface area (Å²) in [6.07, 6.45) is -2.90. The van der Waals surface area contributed by atoms with Crippen molar-refractivity contribution in [3.8, 4) is 5.75 Å². The normalized spacial score (nSPS) is 18.2. The molecule has 3 N–H and O–H groups in total. The van der Waals surface area contributed by atoms with Crippen molar-refractivity contribution < 1.29 is 18.3 Å². The summed E-state index contributed by atoms with van der Waals surface area (Å²) in [5, 5.41) is 9.56. The van der Waals surface area contributed by atoms with E-state index in [-0.39, 0.29) is 17.0 Å². The third-order valence-electron chi connectivity index (χ3n) is 2.89. The molecular formula is C11H11ClF3NO. The molecule has 0 bridgehead atoms. The molecule has 1 aliphatic carbocycles. The maximum absolute atomic E-state index is 12.6. The largest absolute Gasteiger partial charge is 0.507 e. The quantitative estimate of drug-likeness (QED) is 0.863. The molecule has 1 saturated carbocycles. The Balaban J connectivity index is 2.42. The number of phenolic OH excluding ortho intramolecular Hbond substituents is 1. The van der Waals surface area contributed by atoms with Crippen LogP contribution < -0.4 is 5.73 Å². The van der Waals surface area contributed by atoms with Crippen LogP contribution in [0.2, 0.25) is 5.02 Å². The van der Waals surface area contributed by atoms with Crippen molar-refractivity contribution in [3.05, 3.63) is 28.3 Å². The second-order valence-corrected chi connectivity index (χ2v) is 4.93. The van der Waals surface area contributed by atoms with Crippen LogP contribution in [0.5, 0.6) is 5.75 Å². The van der Waals surface area contributed by atoms with Crippen molar-refractivity contribution in [2.45, 2.75) is 31.0 Å². The molecule has 1 aromatic rings. The molecule has 1 fully saturated rings. The van der Waals surface area contributed by atoms with Gasteiger partial charge in [0, 0.05) is 10.6 Å². The number of aromatic hydroxyl groups is 1. The summed E-state index contributed by atoms with van der Waals surface area (Å²) in [5.74, 6) is -0.765. The SMILES string of the molecule is NC1(Cc2cc(Cl)cc(C(F)(F)F)c2O)CC1. The topological polar surface area (TPSA) is 46.2 Å². The zero-order valence-corrected chi connectivity index (χ0v) is 9.57. The van der Waals surface area contributed by atoms with Crippen LogP contribution in [0.15, 0.2) is 12.1 Å². The summed E-state index contributed by atoms with van der Waals surface area (Å²) in [6, 6.07) is 2.05. The van der Waals surface area contributed by atoms with E-state index < -0.39 is 23.0 Å². The summed E-state index contributed by atoms with van der Waals surface area (Å²) in [5.41, 5.74) is 4.39. The van der Waals surface area contributed by atoms with Crippen LogP contribution in [-0.4, -0.2) is 10.6 Å². The molecule has 1 aliphatic rings. The molecule has 0 unspecified atom stereocenters. The van der Waals surface area contributed by atoms with E-state index in [1.807, 2.05) is 0 Å². The van der Waals surface area contributed by atoms with Crippen LogP contribution in [0.1, 0.15) is 24.0 Å². The van der Waals surface area contributed by atoms with E-state index in [9.17, 15) is 18.3 Å². The number of phenols is 1. The Labute approximate surface area is 101 Å². The number of halogens is 4. The summed E-state index contributed by atoms with van der Waals surface area (Å²) in [6.45, 7) is 0. The lowest BCUT2D eigenvalue weighted by atomic mass is 10.0. The predicted octanol–water partition coefficient (Wildman–Crippen LogP) is 3.10. The van der Waals surface area contributed by atoms with Gasteiger partial charge in [-0.2, -0.15) is 13.2 Å². The number of rotatable bonds is 2. The first-order chi connectivity index (χ1) is 7.71. The van der Waals surface area contributed by atoms with Crippen LogP contribution in [0.4, 0.5) is 13.2 Å². The zero-order valence-electron chi connectivity index (χ0n) is 8.81. The van der Waals surface area contributed by atoms with Gasteiger partial charge in [0.15, 0.2) is 0 Å². The number of hydrogen-bond acceptors (Lipinski definition) is 2. The standard InChI is InChI=1S/C11H11ClF3NO/c12-7-3-6(5-10(16)1-2-10)9(17)8(4-7)11(13,14)15/h3-4,17H,1-2,5,16H2. The lowest BCUT2D eigenvalue weighted by Crippen LogP contribution is -2.24. The lowest BCUT2D eigenvalue weighted by molar-refractivity contribution is -0.138. The average molecular weight is 266 g/mol. The van der Waals surface area contributed by atoms with Crippen LogP contribution in [0.3, 0.4) is 0 Å². The van der Waals surface area contributed by atoms with Crippen molar-refractivity contribution in [1.82, 2.24) is 0 Å². The third-order valence-corrected chi connectivity index (χ3v) is 3.11. The minimum Gasteiger partial charge on any atom is -0.507 e. The molecule has 0 radical (unpaired) electrons. The molecule has 17 heavy (non-hydrogen) atoms.